The summed E-state index contributed by atoms with van der Waals surface area (Å²) in [6.07, 6.45) is 2.09. The van der Waals surface area contributed by atoms with E-state index in [1.807, 2.05) is 0 Å². The van der Waals surface area contributed by atoms with Gasteiger partial charge in [0, 0.05) is 5.33 Å². The summed E-state index contributed by atoms with van der Waals surface area (Å²) in [5.74, 6) is 0. The van der Waals surface area contributed by atoms with Crippen molar-refractivity contribution in [2.75, 3.05) is 11.9 Å². The van der Waals surface area contributed by atoms with Gasteiger partial charge in [-0.15, -0.1) is 0 Å². The van der Waals surface area contributed by atoms with Crippen molar-refractivity contribution in [2.45, 2.75) is 25.4 Å². The lowest BCUT2D eigenvalue weighted by atomic mass is 9.98. The Balaban J connectivity index is 2.28. The minimum atomic E-state index is 0.0451. The molecule has 0 aliphatic carbocycles. The summed E-state index contributed by atoms with van der Waals surface area (Å²) in [5, 5.41) is 0.990. The Bertz CT molecular complexity index is 85.5. The number of hydrogen-bond donors (Lipinski definition) is 0. The highest BCUT2D eigenvalue weighted by molar-refractivity contribution is 9.09. The van der Waals surface area contributed by atoms with Gasteiger partial charge in [0.05, 0.1) is 0 Å². The molecule has 0 bridgehead atoms. The number of hydrogen-bond acceptors (Lipinski definition) is 2. The minimum Gasteiger partial charge on any atom is -0.233 e. The van der Waals surface area contributed by atoms with E-state index in [-0.39, 0.29) is 5.60 Å². The van der Waals surface area contributed by atoms with E-state index < -0.39 is 0 Å². The lowest BCUT2D eigenvalue weighted by Crippen LogP contribution is -2.47. The Kier molecular flexibility index (Phi) is 2.50. The smallest absolute Gasteiger partial charge is 0.130 e. The zero-order valence-corrected chi connectivity index (χ0v) is 7.11. The largest absolute Gasteiger partial charge is 0.233 e. The standard InChI is InChI=1S/C6H11BrO2/c1-2-6(3-4-7)5-8-9-6/h2-5H2,1H3. The monoisotopic (exact) mass is 194 g/mol. The van der Waals surface area contributed by atoms with Crippen LogP contribution >= 0.6 is 15.9 Å². The van der Waals surface area contributed by atoms with Crippen LogP contribution in [0.4, 0.5) is 0 Å². The third-order valence-corrected chi connectivity index (χ3v) is 2.15. The average Bonchev–Trinajstić information content (AvgIpc) is 1.79. The van der Waals surface area contributed by atoms with E-state index in [1.165, 1.54) is 0 Å². The van der Waals surface area contributed by atoms with E-state index >= 15 is 0 Å². The van der Waals surface area contributed by atoms with Crippen LogP contribution in [-0.2, 0) is 9.78 Å². The van der Waals surface area contributed by atoms with Crippen molar-refractivity contribution < 1.29 is 9.78 Å². The van der Waals surface area contributed by atoms with Crippen LogP contribution in [0.1, 0.15) is 19.8 Å². The summed E-state index contributed by atoms with van der Waals surface area (Å²) in [5.41, 5.74) is 0.0451. The summed E-state index contributed by atoms with van der Waals surface area (Å²) < 4.78 is 0. The van der Waals surface area contributed by atoms with Crippen LogP contribution in [0.15, 0.2) is 0 Å². The molecule has 0 amide bonds. The number of rotatable bonds is 3. The summed E-state index contributed by atoms with van der Waals surface area (Å²) in [6.45, 7) is 2.88. The molecule has 1 atom stereocenters. The van der Waals surface area contributed by atoms with Crippen molar-refractivity contribution in [1.29, 1.82) is 0 Å². The normalized spacial score (nSPS) is 34.0. The molecule has 0 aromatic carbocycles. The van der Waals surface area contributed by atoms with Crippen molar-refractivity contribution in [3.05, 3.63) is 0 Å². The van der Waals surface area contributed by atoms with E-state index in [0.29, 0.717) is 0 Å². The molecule has 0 radical (unpaired) electrons. The lowest BCUT2D eigenvalue weighted by molar-refractivity contribution is -0.472. The molecule has 1 saturated heterocycles. The molecule has 0 spiro atoms. The van der Waals surface area contributed by atoms with E-state index in [4.69, 9.17) is 4.89 Å². The zero-order chi connectivity index (χ0) is 6.74. The van der Waals surface area contributed by atoms with Gasteiger partial charge in [-0.25, -0.2) is 9.78 Å². The van der Waals surface area contributed by atoms with Crippen molar-refractivity contribution in [3.63, 3.8) is 0 Å². The van der Waals surface area contributed by atoms with Crippen LogP contribution in [-0.4, -0.2) is 17.5 Å². The second-order valence-corrected chi connectivity index (χ2v) is 3.11. The summed E-state index contributed by atoms with van der Waals surface area (Å²) >= 11 is 3.37. The molecule has 1 aliphatic rings. The fourth-order valence-electron chi connectivity index (χ4n) is 0.849. The maximum Gasteiger partial charge on any atom is 0.130 e. The van der Waals surface area contributed by atoms with Crippen LogP contribution in [0.3, 0.4) is 0 Å². The fourth-order valence-corrected chi connectivity index (χ4v) is 1.57. The van der Waals surface area contributed by atoms with Crippen LogP contribution in [0.25, 0.3) is 0 Å². The van der Waals surface area contributed by atoms with Gasteiger partial charge in [-0.3, -0.25) is 0 Å². The Morgan fingerprint density at radius 1 is 1.67 bits per heavy atom. The van der Waals surface area contributed by atoms with Crippen molar-refractivity contribution in [2.24, 2.45) is 0 Å². The first-order valence-electron chi connectivity index (χ1n) is 3.19. The van der Waals surface area contributed by atoms with Gasteiger partial charge in [-0.2, -0.15) is 0 Å². The van der Waals surface area contributed by atoms with Crippen molar-refractivity contribution >= 4 is 15.9 Å². The Morgan fingerprint density at radius 2 is 2.33 bits per heavy atom. The SMILES string of the molecule is CCC1(CCBr)COO1. The fraction of sp³-hybridized carbons (Fsp3) is 1.00. The van der Waals surface area contributed by atoms with Crippen LogP contribution in [0, 0.1) is 0 Å². The minimum absolute atomic E-state index is 0.0451. The third kappa shape index (κ3) is 1.45. The number of halogens is 1. The van der Waals surface area contributed by atoms with Gasteiger partial charge in [0.1, 0.15) is 12.2 Å². The van der Waals surface area contributed by atoms with Crippen LogP contribution in [0.2, 0.25) is 0 Å². The predicted molar refractivity (Wildman–Crippen MR) is 38.5 cm³/mol. The molecule has 9 heavy (non-hydrogen) atoms. The van der Waals surface area contributed by atoms with E-state index in [0.717, 1.165) is 24.8 Å². The molecule has 0 N–H and O–H groups in total. The summed E-state index contributed by atoms with van der Waals surface area (Å²) in [7, 11) is 0. The van der Waals surface area contributed by atoms with Gasteiger partial charge in [-0.1, -0.05) is 22.9 Å². The Hall–Kier alpha value is 0.400. The van der Waals surface area contributed by atoms with E-state index in [1.54, 1.807) is 0 Å². The van der Waals surface area contributed by atoms with Crippen LogP contribution < -0.4 is 0 Å². The third-order valence-electron chi connectivity index (χ3n) is 1.75. The predicted octanol–water partition coefficient (Wildman–Crippen LogP) is 1.88. The first-order valence-corrected chi connectivity index (χ1v) is 4.32. The summed E-state index contributed by atoms with van der Waals surface area (Å²) in [6, 6.07) is 0. The van der Waals surface area contributed by atoms with Gasteiger partial charge in [0.25, 0.3) is 0 Å². The molecular formula is C6H11BrO2. The molecule has 1 aliphatic heterocycles. The average molecular weight is 195 g/mol. The molecule has 1 unspecified atom stereocenters. The van der Waals surface area contributed by atoms with Gasteiger partial charge >= 0.3 is 0 Å². The molecule has 0 saturated carbocycles. The molecular weight excluding hydrogens is 184 g/mol. The van der Waals surface area contributed by atoms with Gasteiger partial charge in [0.15, 0.2) is 0 Å². The van der Waals surface area contributed by atoms with E-state index in [9.17, 15) is 0 Å². The second kappa shape index (κ2) is 2.99. The highest BCUT2D eigenvalue weighted by Crippen LogP contribution is 2.29. The summed E-state index contributed by atoms with van der Waals surface area (Å²) in [4.78, 5) is 9.64. The molecule has 1 rings (SSSR count). The van der Waals surface area contributed by atoms with Gasteiger partial charge in [-0.05, 0) is 12.8 Å². The highest BCUT2D eigenvalue weighted by atomic mass is 79.9. The lowest BCUT2D eigenvalue weighted by Gasteiger charge is -2.38. The zero-order valence-electron chi connectivity index (χ0n) is 5.52. The maximum absolute atomic E-state index is 4.98. The van der Waals surface area contributed by atoms with E-state index in [2.05, 4.69) is 27.7 Å². The molecule has 54 valence electrons. The Morgan fingerprint density at radius 3 is 2.44 bits per heavy atom. The first kappa shape index (κ1) is 7.51. The molecule has 0 aromatic rings. The van der Waals surface area contributed by atoms with Crippen LogP contribution in [0.5, 0.6) is 0 Å². The molecule has 0 aromatic heterocycles. The van der Waals surface area contributed by atoms with Gasteiger partial charge < -0.3 is 0 Å². The maximum atomic E-state index is 4.98. The Labute approximate surface area is 63.6 Å². The molecule has 1 heterocycles. The van der Waals surface area contributed by atoms with Gasteiger partial charge in [0.2, 0.25) is 0 Å². The topological polar surface area (TPSA) is 18.5 Å². The number of alkyl halides is 1. The second-order valence-electron chi connectivity index (χ2n) is 2.32. The van der Waals surface area contributed by atoms with Crippen molar-refractivity contribution in [1.82, 2.24) is 0 Å². The quantitative estimate of drug-likeness (QED) is 0.505. The van der Waals surface area contributed by atoms with Crippen molar-refractivity contribution in [3.8, 4) is 0 Å². The molecule has 3 heteroatoms. The molecule has 2 nitrogen and oxygen atoms in total. The highest BCUT2D eigenvalue weighted by Gasteiger charge is 2.38. The first-order chi connectivity index (χ1) is 4.33. The molecule has 1 fully saturated rings.